The molecule has 0 unspecified atom stereocenters. The van der Waals surface area contributed by atoms with E-state index in [1.807, 2.05) is 26.0 Å². The Labute approximate surface area is 171 Å². The molecule has 0 N–H and O–H groups in total. The summed E-state index contributed by atoms with van der Waals surface area (Å²) in [5, 5.41) is -0.488. The number of nitrogens with zero attached hydrogens (tertiary/aromatic N) is 1. The third kappa shape index (κ3) is 5.84. The zero-order chi connectivity index (χ0) is 20.0. The first kappa shape index (κ1) is 21.5. The summed E-state index contributed by atoms with van der Waals surface area (Å²) in [6, 6.07) is 5.47. The van der Waals surface area contributed by atoms with Crippen LogP contribution in [0.1, 0.15) is 39.2 Å². The Balaban J connectivity index is 2.18. The van der Waals surface area contributed by atoms with Gasteiger partial charge in [-0.3, -0.25) is 19.3 Å². The van der Waals surface area contributed by atoms with Gasteiger partial charge in [-0.25, -0.2) is 0 Å². The number of hydrogen-bond acceptors (Lipinski definition) is 6. The van der Waals surface area contributed by atoms with Crippen LogP contribution in [0.25, 0.3) is 6.08 Å². The SMILES string of the molecule is CCCOc1ccc(Br)cc1/C=C1/SC(=O)N(CC(=O)O[C@@H](C)CC)C1=O. The highest BCUT2D eigenvalue weighted by Gasteiger charge is 2.37. The molecule has 1 aliphatic heterocycles. The van der Waals surface area contributed by atoms with Gasteiger partial charge in [-0.15, -0.1) is 0 Å². The third-order valence-electron chi connectivity index (χ3n) is 3.79. The number of halogens is 1. The highest BCUT2D eigenvalue weighted by atomic mass is 79.9. The Morgan fingerprint density at radius 2 is 2.07 bits per heavy atom. The average molecular weight is 456 g/mol. The maximum Gasteiger partial charge on any atom is 0.326 e. The molecule has 8 heteroatoms. The lowest BCUT2D eigenvalue weighted by Gasteiger charge is -2.15. The summed E-state index contributed by atoms with van der Waals surface area (Å²) in [7, 11) is 0. The lowest BCUT2D eigenvalue weighted by atomic mass is 10.2. The smallest absolute Gasteiger partial charge is 0.326 e. The van der Waals surface area contributed by atoms with Crippen LogP contribution in [0.4, 0.5) is 4.79 Å². The van der Waals surface area contributed by atoms with Crippen molar-refractivity contribution in [3.8, 4) is 5.75 Å². The minimum atomic E-state index is -0.595. The second-order valence-electron chi connectivity index (χ2n) is 6.01. The van der Waals surface area contributed by atoms with Gasteiger partial charge in [0.15, 0.2) is 0 Å². The van der Waals surface area contributed by atoms with E-state index in [9.17, 15) is 14.4 Å². The molecule has 27 heavy (non-hydrogen) atoms. The standard InChI is InChI=1S/C19H22BrNO5S/c1-4-8-25-15-7-6-14(20)9-13(15)10-16-18(23)21(19(24)27-16)11-17(22)26-12(3)5-2/h6-7,9-10,12H,4-5,8,11H2,1-3H3/b16-10+/t12-/m0/s1. The molecule has 1 fully saturated rings. The second-order valence-corrected chi connectivity index (χ2v) is 7.92. The minimum absolute atomic E-state index is 0.246. The number of esters is 1. The zero-order valence-electron chi connectivity index (χ0n) is 15.5. The maximum atomic E-state index is 12.6. The molecule has 1 saturated heterocycles. The van der Waals surface area contributed by atoms with E-state index in [1.165, 1.54) is 0 Å². The third-order valence-corrected chi connectivity index (χ3v) is 5.19. The lowest BCUT2D eigenvalue weighted by molar-refractivity contribution is -0.150. The summed E-state index contributed by atoms with van der Waals surface area (Å²) in [6.07, 6.45) is 2.87. The molecule has 6 nitrogen and oxygen atoms in total. The first-order valence-corrected chi connectivity index (χ1v) is 10.3. The van der Waals surface area contributed by atoms with Crippen molar-refractivity contribution < 1.29 is 23.9 Å². The molecule has 1 aliphatic rings. The van der Waals surface area contributed by atoms with Gasteiger partial charge in [-0.05, 0) is 55.8 Å². The summed E-state index contributed by atoms with van der Waals surface area (Å²) < 4.78 is 11.7. The second kappa shape index (κ2) is 9.94. The van der Waals surface area contributed by atoms with E-state index in [2.05, 4.69) is 15.9 Å². The van der Waals surface area contributed by atoms with E-state index in [0.29, 0.717) is 24.3 Å². The van der Waals surface area contributed by atoms with Gasteiger partial charge in [0, 0.05) is 10.0 Å². The predicted molar refractivity (Wildman–Crippen MR) is 108 cm³/mol. The van der Waals surface area contributed by atoms with E-state index in [4.69, 9.17) is 9.47 Å². The van der Waals surface area contributed by atoms with Gasteiger partial charge >= 0.3 is 5.97 Å². The highest BCUT2D eigenvalue weighted by Crippen LogP contribution is 2.34. The summed E-state index contributed by atoms with van der Waals surface area (Å²) in [4.78, 5) is 37.8. The summed E-state index contributed by atoms with van der Waals surface area (Å²) in [6.45, 7) is 5.81. The molecule has 1 heterocycles. The van der Waals surface area contributed by atoms with Gasteiger partial charge in [0.25, 0.3) is 11.1 Å². The zero-order valence-corrected chi connectivity index (χ0v) is 17.9. The quantitative estimate of drug-likeness (QED) is 0.420. The summed E-state index contributed by atoms with van der Waals surface area (Å²) in [5.41, 5.74) is 0.686. The fraction of sp³-hybridized carbons (Fsp3) is 0.421. The molecule has 1 aromatic rings. The van der Waals surface area contributed by atoms with Gasteiger partial charge in [0.05, 0.1) is 17.6 Å². The molecule has 0 radical (unpaired) electrons. The molecule has 0 spiro atoms. The Kier molecular flexibility index (Phi) is 7.91. The number of thioether (sulfide) groups is 1. The van der Waals surface area contributed by atoms with Crippen LogP contribution in [0.15, 0.2) is 27.6 Å². The van der Waals surface area contributed by atoms with Gasteiger partial charge < -0.3 is 9.47 Å². The van der Waals surface area contributed by atoms with Crippen LogP contribution >= 0.6 is 27.7 Å². The molecule has 2 amide bonds. The summed E-state index contributed by atoms with van der Waals surface area (Å²) in [5.74, 6) is -0.474. The Hall–Kier alpha value is -1.80. The van der Waals surface area contributed by atoms with Crippen molar-refractivity contribution in [3.63, 3.8) is 0 Å². The Morgan fingerprint density at radius 3 is 2.74 bits per heavy atom. The number of ether oxygens (including phenoxy) is 2. The van der Waals surface area contributed by atoms with Crippen LogP contribution in [-0.2, 0) is 14.3 Å². The van der Waals surface area contributed by atoms with E-state index in [1.54, 1.807) is 19.1 Å². The molecule has 0 bridgehead atoms. The van der Waals surface area contributed by atoms with Crippen molar-refractivity contribution in [2.24, 2.45) is 0 Å². The van der Waals surface area contributed by atoms with E-state index >= 15 is 0 Å². The molecule has 146 valence electrons. The predicted octanol–water partition coefficient (Wildman–Crippen LogP) is 4.62. The highest BCUT2D eigenvalue weighted by molar-refractivity contribution is 9.10. The van der Waals surface area contributed by atoms with Gasteiger partial charge in [0.2, 0.25) is 0 Å². The molecule has 1 aromatic carbocycles. The monoisotopic (exact) mass is 455 g/mol. The normalized spacial score (nSPS) is 16.7. The van der Waals surface area contributed by atoms with Crippen molar-refractivity contribution in [2.75, 3.05) is 13.2 Å². The average Bonchev–Trinajstić information content (AvgIpc) is 2.88. The Bertz CT molecular complexity index is 764. The van der Waals surface area contributed by atoms with Crippen LogP contribution in [0.3, 0.4) is 0 Å². The fourth-order valence-corrected chi connectivity index (χ4v) is 3.44. The summed E-state index contributed by atoms with van der Waals surface area (Å²) >= 11 is 4.20. The van der Waals surface area contributed by atoms with Crippen LogP contribution < -0.4 is 4.74 Å². The first-order chi connectivity index (χ1) is 12.8. The van der Waals surface area contributed by atoms with Crippen molar-refractivity contribution in [2.45, 2.75) is 39.7 Å². The van der Waals surface area contributed by atoms with E-state index in [-0.39, 0.29) is 17.6 Å². The van der Waals surface area contributed by atoms with E-state index in [0.717, 1.165) is 27.6 Å². The van der Waals surface area contributed by atoms with Gasteiger partial charge in [-0.1, -0.05) is 29.8 Å². The number of carbonyl (C=O) groups is 3. The minimum Gasteiger partial charge on any atom is -0.493 e. The topological polar surface area (TPSA) is 72.9 Å². The van der Waals surface area contributed by atoms with Crippen LogP contribution in [0.2, 0.25) is 0 Å². The number of rotatable bonds is 8. The van der Waals surface area contributed by atoms with Gasteiger partial charge in [0.1, 0.15) is 12.3 Å². The molecule has 1 atom stereocenters. The van der Waals surface area contributed by atoms with Crippen molar-refractivity contribution in [1.82, 2.24) is 4.90 Å². The van der Waals surface area contributed by atoms with Crippen LogP contribution in [-0.4, -0.2) is 41.3 Å². The van der Waals surface area contributed by atoms with Crippen molar-refractivity contribution in [3.05, 3.63) is 33.1 Å². The van der Waals surface area contributed by atoms with Crippen molar-refractivity contribution >= 4 is 50.9 Å². The van der Waals surface area contributed by atoms with Crippen LogP contribution in [0.5, 0.6) is 5.75 Å². The lowest BCUT2D eigenvalue weighted by Crippen LogP contribution is -2.35. The van der Waals surface area contributed by atoms with Crippen molar-refractivity contribution in [1.29, 1.82) is 0 Å². The first-order valence-electron chi connectivity index (χ1n) is 8.72. The van der Waals surface area contributed by atoms with Gasteiger partial charge in [-0.2, -0.15) is 0 Å². The van der Waals surface area contributed by atoms with Crippen LogP contribution in [0, 0.1) is 0 Å². The van der Waals surface area contributed by atoms with E-state index < -0.39 is 17.1 Å². The molecule has 0 saturated carbocycles. The number of amides is 2. The molecule has 0 aromatic heterocycles. The largest absolute Gasteiger partial charge is 0.493 e. The number of benzene rings is 1. The number of imide groups is 1. The molecular formula is C19H22BrNO5S. The molecule has 2 rings (SSSR count). The Morgan fingerprint density at radius 1 is 1.33 bits per heavy atom. The molecule has 0 aliphatic carbocycles. The maximum absolute atomic E-state index is 12.6. The number of carbonyl (C=O) groups excluding carboxylic acids is 3. The number of hydrogen-bond donors (Lipinski definition) is 0. The fourth-order valence-electron chi connectivity index (χ4n) is 2.23. The molecular weight excluding hydrogens is 434 g/mol.